The molecule has 0 atom stereocenters. The third kappa shape index (κ3) is 6.31. The molecule has 1 heterocycles. The normalized spacial score (nSPS) is 12.3. The number of pyridine rings is 1. The maximum atomic E-state index is 14.5. The molecular weight excluding hydrogens is 608 g/mol. The van der Waals surface area contributed by atoms with Gasteiger partial charge >= 0.3 is 12.4 Å². The van der Waals surface area contributed by atoms with E-state index < -0.39 is 79.0 Å². The summed E-state index contributed by atoms with van der Waals surface area (Å²) in [6.45, 7) is 0.454. The number of hydrogen-bond acceptors (Lipinski definition) is 4. The lowest BCUT2D eigenvalue weighted by molar-refractivity contribution is -0.140. The number of aromatic nitrogens is 1. The summed E-state index contributed by atoms with van der Waals surface area (Å²) in [6.07, 6.45) is -10.2. The van der Waals surface area contributed by atoms with Gasteiger partial charge in [0.1, 0.15) is 23.3 Å². The Bertz CT molecular complexity index is 1940. The Morgan fingerprint density at radius 3 is 2.02 bits per heavy atom. The van der Waals surface area contributed by atoms with Gasteiger partial charge in [-0.2, -0.15) is 31.6 Å². The van der Waals surface area contributed by atoms with E-state index in [1.165, 1.54) is 31.2 Å². The molecule has 224 valence electrons. The van der Waals surface area contributed by atoms with Gasteiger partial charge in [0.05, 0.1) is 34.0 Å². The summed E-state index contributed by atoms with van der Waals surface area (Å²) in [4.78, 5) is 12.2. The predicted octanol–water partition coefficient (Wildman–Crippen LogP) is 7.21. The number of hydrogen-bond donors (Lipinski definition) is 0. The Morgan fingerprint density at radius 2 is 1.44 bits per heavy atom. The van der Waals surface area contributed by atoms with E-state index in [2.05, 4.69) is 0 Å². The highest BCUT2D eigenvalue weighted by Gasteiger charge is 2.38. The van der Waals surface area contributed by atoms with Crippen molar-refractivity contribution >= 4 is 9.84 Å². The molecule has 0 spiro atoms. The first-order chi connectivity index (χ1) is 20.0. The van der Waals surface area contributed by atoms with Gasteiger partial charge in [-0.1, -0.05) is 37.3 Å². The second-order valence-corrected chi connectivity index (χ2v) is 11.5. The van der Waals surface area contributed by atoms with Crippen LogP contribution in [0.25, 0.3) is 22.4 Å². The Kier molecular flexibility index (Phi) is 8.25. The van der Waals surface area contributed by atoms with Crippen molar-refractivity contribution in [2.24, 2.45) is 0 Å². The van der Waals surface area contributed by atoms with Crippen molar-refractivity contribution in [3.05, 3.63) is 111 Å². The van der Waals surface area contributed by atoms with Crippen LogP contribution in [-0.4, -0.2) is 18.7 Å². The van der Waals surface area contributed by atoms with Crippen molar-refractivity contribution in [3.8, 4) is 28.5 Å². The van der Waals surface area contributed by atoms with Gasteiger partial charge in [-0.3, -0.25) is 4.79 Å². The summed E-state index contributed by atoms with van der Waals surface area (Å²) in [5.74, 6) is -2.67. The van der Waals surface area contributed by atoms with E-state index in [1.807, 2.05) is 0 Å². The standard InChI is InChI=1S/C29H18F8N2O3S/c1-2-43(41,42)26-9-7-17(11-23(26)29(35,36)37)16-4-3-5-18(10-16)25-13-22(28(32,33)34)21(14-38)27(40)39(25)15-19-6-8-20(30)12-24(19)31/h3-13H,2,15H2,1H3. The van der Waals surface area contributed by atoms with Gasteiger partial charge in [0.15, 0.2) is 9.84 Å². The summed E-state index contributed by atoms with van der Waals surface area (Å²) in [6, 6.07) is 11.5. The molecule has 3 aromatic carbocycles. The van der Waals surface area contributed by atoms with Crippen LogP contribution < -0.4 is 5.56 Å². The quantitative estimate of drug-likeness (QED) is 0.212. The van der Waals surface area contributed by atoms with E-state index in [0.29, 0.717) is 22.8 Å². The van der Waals surface area contributed by atoms with Gasteiger partial charge in [0.2, 0.25) is 0 Å². The van der Waals surface area contributed by atoms with Gasteiger partial charge < -0.3 is 4.57 Å². The van der Waals surface area contributed by atoms with Crippen molar-refractivity contribution in [1.29, 1.82) is 5.26 Å². The van der Waals surface area contributed by atoms with Crippen LogP contribution in [0.1, 0.15) is 29.2 Å². The lowest BCUT2D eigenvalue weighted by Crippen LogP contribution is -2.29. The largest absolute Gasteiger partial charge is 0.417 e. The monoisotopic (exact) mass is 626 g/mol. The zero-order chi connectivity index (χ0) is 31.9. The topological polar surface area (TPSA) is 79.9 Å². The summed E-state index contributed by atoms with van der Waals surface area (Å²) >= 11 is 0. The van der Waals surface area contributed by atoms with Gasteiger partial charge in [0.25, 0.3) is 5.56 Å². The number of nitrogens with zero attached hydrogens (tertiary/aromatic N) is 2. The van der Waals surface area contributed by atoms with Crippen molar-refractivity contribution in [2.45, 2.75) is 30.7 Å². The molecule has 0 saturated heterocycles. The summed E-state index contributed by atoms with van der Waals surface area (Å²) in [7, 11) is -4.28. The summed E-state index contributed by atoms with van der Waals surface area (Å²) in [5.41, 5.74) is -6.79. The molecule has 1 aromatic heterocycles. The predicted molar refractivity (Wildman–Crippen MR) is 139 cm³/mol. The molecule has 14 heteroatoms. The highest BCUT2D eigenvalue weighted by atomic mass is 32.2. The highest BCUT2D eigenvalue weighted by molar-refractivity contribution is 7.91. The average molecular weight is 627 g/mol. The minimum Gasteiger partial charge on any atom is -0.303 e. The molecule has 0 saturated carbocycles. The van der Waals surface area contributed by atoms with E-state index in [-0.39, 0.29) is 22.3 Å². The van der Waals surface area contributed by atoms with E-state index in [4.69, 9.17) is 0 Å². The number of rotatable bonds is 6. The number of sulfone groups is 1. The lowest BCUT2D eigenvalue weighted by Gasteiger charge is -2.19. The fourth-order valence-electron chi connectivity index (χ4n) is 4.41. The van der Waals surface area contributed by atoms with Crippen LogP contribution in [0.15, 0.2) is 76.4 Å². The van der Waals surface area contributed by atoms with Crippen LogP contribution in [0, 0.1) is 23.0 Å². The Morgan fingerprint density at radius 1 is 0.814 bits per heavy atom. The van der Waals surface area contributed by atoms with Crippen LogP contribution in [0.4, 0.5) is 35.1 Å². The molecule has 0 amide bonds. The Labute approximate surface area is 239 Å². The molecule has 0 radical (unpaired) electrons. The lowest BCUT2D eigenvalue weighted by atomic mass is 9.98. The fraction of sp³-hybridized carbons (Fsp3) is 0.172. The number of alkyl halides is 6. The van der Waals surface area contributed by atoms with Crippen molar-refractivity contribution in [2.75, 3.05) is 5.75 Å². The van der Waals surface area contributed by atoms with Crippen molar-refractivity contribution < 1.29 is 43.5 Å². The van der Waals surface area contributed by atoms with Crippen LogP contribution in [0.5, 0.6) is 0 Å². The molecule has 0 bridgehead atoms. The third-order valence-electron chi connectivity index (χ3n) is 6.55. The fourth-order valence-corrected chi connectivity index (χ4v) is 5.51. The van der Waals surface area contributed by atoms with E-state index in [9.17, 15) is 53.6 Å². The maximum Gasteiger partial charge on any atom is 0.417 e. The molecule has 0 aliphatic rings. The molecule has 0 aliphatic carbocycles. The molecular formula is C29H18F8N2O3S. The van der Waals surface area contributed by atoms with Crippen molar-refractivity contribution in [3.63, 3.8) is 0 Å². The second kappa shape index (κ2) is 11.3. The SMILES string of the molecule is CCS(=O)(=O)c1ccc(-c2cccc(-c3cc(C(F)(F)F)c(C#N)c(=O)n3Cc3ccc(F)cc3F)c2)cc1C(F)(F)F. The first-order valence-corrected chi connectivity index (χ1v) is 13.9. The highest BCUT2D eigenvalue weighted by Crippen LogP contribution is 2.39. The minimum atomic E-state index is -5.17. The van der Waals surface area contributed by atoms with Crippen LogP contribution >= 0.6 is 0 Å². The van der Waals surface area contributed by atoms with Gasteiger partial charge in [-0.15, -0.1) is 0 Å². The molecule has 0 unspecified atom stereocenters. The molecule has 0 fully saturated rings. The number of halogens is 8. The van der Waals surface area contributed by atoms with Gasteiger partial charge in [0, 0.05) is 11.6 Å². The molecule has 0 aliphatic heterocycles. The number of benzene rings is 3. The van der Waals surface area contributed by atoms with Crippen LogP contribution in [0.3, 0.4) is 0 Å². The van der Waals surface area contributed by atoms with E-state index in [1.54, 1.807) is 0 Å². The third-order valence-corrected chi connectivity index (χ3v) is 8.34. The summed E-state index contributed by atoms with van der Waals surface area (Å²) in [5, 5.41) is 9.37. The zero-order valence-corrected chi connectivity index (χ0v) is 22.6. The summed E-state index contributed by atoms with van der Waals surface area (Å²) < 4.78 is 136. The van der Waals surface area contributed by atoms with Crippen molar-refractivity contribution in [1.82, 2.24) is 4.57 Å². The van der Waals surface area contributed by atoms with Crippen LogP contribution in [0.2, 0.25) is 0 Å². The molecule has 4 aromatic rings. The number of nitriles is 1. The zero-order valence-electron chi connectivity index (χ0n) is 21.8. The molecule has 5 nitrogen and oxygen atoms in total. The van der Waals surface area contributed by atoms with Crippen LogP contribution in [-0.2, 0) is 28.7 Å². The first-order valence-electron chi connectivity index (χ1n) is 12.2. The second-order valence-electron chi connectivity index (χ2n) is 9.25. The van der Waals surface area contributed by atoms with Gasteiger partial charge in [-0.05, 0) is 47.0 Å². The Balaban J connectivity index is 1.98. The first kappa shape index (κ1) is 31.4. The molecule has 43 heavy (non-hydrogen) atoms. The average Bonchev–Trinajstić information content (AvgIpc) is 2.93. The minimum absolute atomic E-state index is 0.00771. The molecule has 0 N–H and O–H groups in total. The van der Waals surface area contributed by atoms with E-state index >= 15 is 0 Å². The van der Waals surface area contributed by atoms with Gasteiger partial charge in [-0.25, -0.2) is 17.2 Å². The van der Waals surface area contributed by atoms with E-state index in [0.717, 1.165) is 30.3 Å². The Hall–Kier alpha value is -4.51. The molecule has 4 rings (SSSR count). The smallest absolute Gasteiger partial charge is 0.303 e. The maximum absolute atomic E-state index is 14.5.